The van der Waals surface area contributed by atoms with Gasteiger partial charge in [-0.1, -0.05) is 5.16 Å². The summed E-state index contributed by atoms with van der Waals surface area (Å²) in [6.07, 6.45) is 2.05. The predicted octanol–water partition coefficient (Wildman–Crippen LogP) is 2.23. The highest BCUT2D eigenvalue weighted by atomic mass is 32.2. The first-order valence-corrected chi connectivity index (χ1v) is 6.14. The lowest BCUT2D eigenvalue weighted by molar-refractivity contribution is 0.380. The summed E-state index contributed by atoms with van der Waals surface area (Å²) in [7, 11) is 0. The maximum Gasteiger partial charge on any atom is 0.240 e. The van der Waals surface area contributed by atoms with Gasteiger partial charge in [0, 0.05) is 10.5 Å². The van der Waals surface area contributed by atoms with Gasteiger partial charge in [0.1, 0.15) is 0 Å². The van der Waals surface area contributed by atoms with Crippen molar-refractivity contribution in [2.24, 2.45) is 5.73 Å². The van der Waals surface area contributed by atoms with E-state index in [2.05, 4.69) is 22.5 Å². The van der Waals surface area contributed by atoms with Gasteiger partial charge in [-0.05, 0) is 36.9 Å². The van der Waals surface area contributed by atoms with Crippen LogP contribution in [-0.4, -0.2) is 16.4 Å². The maximum absolute atomic E-state index is 5.43. The molecular formula is C11H13N3OS. The molecule has 2 aromatic rings. The first-order valence-electron chi connectivity index (χ1n) is 4.92. The fourth-order valence-electron chi connectivity index (χ4n) is 1.46. The number of hydrogen-bond acceptors (Lipinski definition) is 5. The third kappa shape index (κ3) is 2.10. The zero-order chi connectivity index (χ0) is 11.5. The Morgan fingerprint density at radius 3 is 2.81 bits per heavy atom. The summed E-state index contributed by atoms with van der Waals surface area (Å²) >= 11 is 1.71. The second-order valence-corrected chi connectivity index (χ2v) is 4.28. The van der Waals surface area contributed by atoms with E-state index in [4.69, 9.17) is 10.3 Å². The number of thioether (sulfide) groups is 1. The SMILES string of the molecule is CSc1ccc(-c2noc(CN)n2)c(C)c1. The topological polar surface area (TPSA) is 64.9 Å². The van der Waals surface area contributed by atoms with Gasteiger partial charge >= 0.3 is 0 Å². The minimum atomic E-state index is 0.273. The van der Waals surface area contributed by atoms with Gasteiger partial charge < -0.3 is 10.3 Å². The molecule has 84 valence electrons. The van der Waals surface area contributed by atoms with Crippen LogP contribution >= 0.6 is 11.8 Å². The second kappa shape index (κ2) is 4.67. The molecule has 2 N–H and O–H groups in total. The standard InChI is InChI=1S/C11H13N3OS/c1-7-5-8(16-2)3-4-9(7)11-13-10(6-12)15-14-11/h3-5H,6,12H2,1-2H3. The molecule has 5 heteroatoms. The third-order valence-corrected chi connectivity index (χ3v) is 3.04. The molecular weight excluding hydrogens is 222 g/mol. The summed E-state index contributed by atoms with van der Waals surface area (Å²) < 4.78 is 4.99. The van der Waals surface area contributed by atoms with Crippen molar-refractivity contribution in [1.29, 1.82) is 0 Å². The highest BCUT2D eigenvalue weighted by Gasteiger charge is 2.09. The number of aryl methyl sites for hydroxylation is 1. The lowest BCUT2D eigenvalue weighted by atomic mass is 10.1. The van der Waals surface area contributed by atoms with Crippen LogP contribution in [0.1, 0.15) is 11.5 Å². The Labute approximate surface area is 98.2 Å². The number of aromatic nitrogens is 2. The summed E-state index contributed by atoms with van der Waals surface area (Å²) in [5.74, 6) is 1.06. The average molecular weight is 235 g/mol. The molecule has 0 amide bonds. The minimum Gasteiger partial charge on any atom is -0.338 e. The van der Waals surface area contributed by atoms with E-state index < -0.39 is 0 Å². The van der Waals surface area contributed by atoms with Crippen LogP contribution in [0.2, 0.25) is 0 Å². The monoisotopic (exact) mass is 235 g/mol. The van der Waals surface area contributed by atoms with E-state index in [-0.39, 0.29) is 6.54 Å². The van der Waals surface area contributed by atoms with E-state index >= 15 is 0 Å². The fourth-order valence-corrected chi connectivity index (χ4v) is 1.96. The van der Waals surface area contributed by atoms with Crippen molar-refractivity contribution in [1.82, 2.24) is 10.1 Å². The van der Waals surface area contributed by atoms with Crippen molar-refractivity contribution in [3.05, 3.63) is 29.7 Å². The van der Waals surface area contributed by atoms with Crippen LogP contribution in [-0.2, 0) is 6.54 Å². The van der Waals surface area contributed by atoms with Gasteiger partial charge in [-0.3, -0.25) is 0 Å². The molecule has 1 aromatic heterocycles. The summed E-state index contributed by atoms with van der Waals surface area (Å²) in [6.45, 7) is 2.31. The van der Waals surface area contributed by atoms with Crippen LogP contribution in [0, 0.1) is 6.92 Å². The smallest absolute Gasteiger partial charge is 0.240 e. The van der Waals surface area contributed by atoms with E-state index in [0.29, 0.717) is 11.7 Å². The molecule has 16 heavy (non-hydrogen) atoms. The lowest BCUT2D eigenvalue weighted by Gasteiger charge is -2.02. The van der Waals surface area contributed by atoms with E-state index in [0.717, 1.165) is 11.1 Å². The third-order valence-electron chi connectivity index (χ3n) is 2.32. The molecule has 1 heterocycles. The fraction of sp³-hybridized carbons (Fsp3) is 0.273. The number of nitrogens with two attached hydrogens (primary N) is 1. The molecule has 4 nitrogen and oxygen atoms in total. The predicted molar refractivity (Wildman–Crippen MR) is 64.1 cm³/mol. The summed E-state index contributed by atoms with van der Waals surface area (Å²) in [4.78, 5) is 5.43. The van der Waals surface area contributed by atoms with Gasteiger partial charge in [0.25, 0.3) is 0 Å². The zero-order valence-corrected chi connectivity index (χ0v) is 10.0. The van der Waals surface area contributed by atoms with Crippen molar-refractivity contribution >= 4 is 11.8 Å². The van der Waals surface area contributed by atoms with E-state index in [1.54, 1.807) is 11.8 Å². The first-order chi connectivity index (χ1) is 7.74. The zero-order valence-electron chi connectivity index (χ0n) is 9.23. The van der Waals surface area contributed by atoms with Gasteiger partial charge in [-0.2, -0.15) is 4.98 Å². The molecule has 0 aliphatic carbocycles. The maximum atomic E-state index is 5.43. The molecule has 0 radical (unpaired) electrons. The van der Waals surface area contributed by atoms with Gasteiger partial charge in [0.15, 0.2) is 0 Å². The number of hydrogen-bond donors (Lipinski definition) is 1. The summed E-state index contributed by atoms with van der Waals surface area (Å²) in [6, 6.07) is 6.16. The highest BCUT2D eigenvalue weighted by molar-refractivity contribution is 7.98. The van der Waals surface area contributed by atoms with Crippen molar-refractivity contribution in [2.75, 3.05) is 6.26 Å². The Morgan fingerprint density at radius 1 is 1.44 bits per heavy atom. The molecule has 0 saturated heterocycles. The molecule has 0 unspecified atom stereocenters. The number of nitrogens with zero attached hydrogens (tertiary/aromatic N) is 2. The minimum absolute atomic E-state index is 0.273. The van der Waals surface area contributed by atoms with E-state index in [1.165, 1.54) is 4.90 Å². The van der Waals surface area contributed by atoms with Crippen molar-refractivity contribution in [3.8, 4) is 11.4 Å². The van der Waals surface area contributed by atoms with Crippen LogP contribution in [0.15, 0.2) is 27.6 Å². The molecule has 0 fully saturated rings. The van der Waals surface area contributed by atoms with Gasteiger partial charge in [0.2, 0.25) is 11.7 Å². The van der Waals surface area contributed by atoms with Crippen LogP contribution < -0.4 is 5.73 Å². The quantitative estimate of drug-likeness (QED) is 0.826. The van der Waals surface area contributed by atoms with E-state index in [9.17, 15) is 0 Å². The number of benzene rings is 1. The lowest BCUT2D eigenvalue weighted by Crippen LogP contribution is -1.95. The van der Waals surface area contributed by atoms with E-state index in [1.807, 2.05) is 19.1 Å². The Balaban J connectivity index is 2.40. The molecule has 0 saturated carbocycles. The van der Waals surface area contributed by atoms with Gasteiger partial charge in [-0.15, -0.1) is 11.8 Å². The molecule has 2 rings (SSSR count). The highest BCUT2D eigenvalue weighted by Crippen LogP contribution is 2.25. The van der Waals surface area contributed by atoms with Crippen LogP contribution in [0.25, 0.3) is 11.4 Å². The Hall–Kier alpha value is -1.33. The molecule has 0 bridgehead atoms. The van der Waals surface area contributed by atoms with Crippen molar-refractivity contribution in [2.45, 2.75) is 18.4 Å². The van der Waals surface area contributed by atoms with Crippen LogP contribution in [0.3, 0.4) is 0 Å². The first kappa shape index (κ1) is 11.2. The molecule has 0 aliphatic heterocycles. The Morgan fingerprint density at radius 2 is 2.25 bits per heavy atom. The van der Waals surface area contributed by atoms with Crippen LogP contribution in [0.4, 0.5) is 0 Å². The van der Waals surface area contributed by atoms with Crippen LogP contribution in [0.5, 0.6) is 0 Å². The van der Waals surface area contributed by atoms with Crippen molar-refractivity contribution in [3.63, 3.8) is 0 Å². The second-order valence-electron chi connectivity index (χ2n) is 3.40. The number of rotatable bonds is 3. The largest absolute Gasteiger partial charge is 0.338 e. The Kier molecular flexibility index (Phi) is 3.26. The van der Waals surface area contributed by atoms with Crippen molar-refractivity contribution < 1.29 is 4.52 Å². The molecule has 1 aromatic carbocycles. The van der Waals surface area contributed by atoms with Gasteiger partial charge in [-0.25, -0.2) is 0 Å². The molecule has 0 atom stereocenters. The summed E-state index contributed by atoms with van der Waals surface area (Å²) in [5, 5.41) is 3.90. The normalized spacial score (nSPS) is 10.7. The average Bonchev–Trinajstić information content (AvgIpc) is 2.77. The molecule has 0 aliphatic rings. The Bertz CT molecular complexity index is 496. The van der Waals surface area contributed by atoms with Gasteiger partial charge in [0.05, 0.1) is 6.54 Å². The summed E-state index contributed by atoms with van der Waals surface area (Å²) in [5.41, 5.74) is 7.55. The molecule has 0 spiro atoms.